The third kappa shape index (κ3) is 3.64. The van der Waals surface area contributed by atoms with Gasteiger partial charge in [0.2, 0.25) is 5.95 Å². The highest BCUT2D eigenvalue weighted by Gasteiger charge is 2.27. The molecule has 1 aromatic carbocycles. The molecular formula is C20H22N6O. The van der Waals surface area contributed by atoms with Crippen LogP contribution in [0.15, 0.2) is 48.8 Å². The summed E-state index contributed by atoms with van der Waals surface area (Å²) in [5, 5.41) is 7.90. The van der Waals surface area contributed by atoms with E-state index in [9.17, 15) is 0 Å². The molecule has 0 amide bonds. The van der Waals surface area contributed by atoms with Crippen LogP contribution in [-0.4, -0.2) is 46.1 Å². The van der Waals surface area contributed by atoms with E-state index in [1.807, 2.05) is 30.3 Å². The SMILES string of the molecule is c1ccc(-n2cnc(Nc3cc(C4CC4)nc(N4CCOCC4)c3)n2)cc1. The van der Waals surface area contributed by atoms with Crippen LogP contribution in [-0.2, 0) is 4.74 Å². The first-order valence-corrected chi connectivity index (χ1v) is 9.44. The Morgan fingerprint density at radius 3 is 2.63 bits per heavy atom. The molecule has 7 heteroatoms. The van der Waals surface area contributed by atoms with E-state index >= 15 is 0 Å². The first-order valence-electron chi connectivity index (χ1n) is 9.44. The molecule has 0 bridgehead atoms. The van der Waals surface area contributed by atoms with E-state index < -0.39 is 0 Å². The van der Waals surface area contributed by atoms with Crippen molar-refractivity contribution >= 4 is 17.5 Å². The van der Waals surface area contributed by atoms with Gasteiger partial charge in [-0.25, -0.2) is 9.67 Å². The van der Waals surface area contributed by atoms with Crippen LogP contribution in [0, 0.1) is 0 Å². The molecule has 3 heterocycles. The number of rotatable bonds is 5. The number of ether oxygens (including phenoxy) is 1. The molecule has 0 unspecified atom stereocenters. The summed E-state index contributed by atoms with van der Waals surface area (Å²) in [4.78, 5) is 11.6. The van der Waals surface area contributed by atoms with E-state index in [2.05, 4.69) is 32.4 Å². The number of anilines is 3. The maximum Gasteiger partial charge on any atom is 0.246 e. The topological polar surface area (TPSA) is 68.1 Å². The van der Waals surface area contributed by atoms with E-state index in [4.69, 9.17) is 9.72 Å². The fourth-order valence-corrected chi connectivity index (χ4v) is 3.31. The average molecular weight is 362 g/mol. The van der Waals surface area contributed by atoms with Crippen molar-refractivity contribution in [3.63, 3.8) is 0 Å². The van der Waals surface area contributed by atoms with Crippen LogP contribution in [0.25, 0.3) is 5.69 Å². The van der Waals surface area contributed by atoms with Crippen molar-refractivity contribution in [3.8, 4) is 5.69 Å². The van der Waals surface area contributed by atoms with Crippen LogP contribution in [0.2, 0.25) is 0 Å². The van der Waals surface area contributed by atoms with Crippen molar-refractivity contribution in [2.24, 2.45) is 0 Å². The molecule has 2 aliphatic rings. The summed E-state index contributed by atoms with van der Waals surface area (Å²) in [6, 6.07) is 14.2. The molecule has 1 aliphatic carbocycles. The van der Waals surface area contributed by atoms with Crippen LogP contribution >= 0.6 is 0 Å². The Balaban J connectivity index is 1.41. The number of hydrogen-bond acceptors (Lipinski definition) is 6. The van der Waals surface area contributed by atoms with Crippen molar-refractivity contribution in [2.45, 2.75) is 18.8 Å². The van der Waals surface area contributed by atoms with Gasteiger partial charge in [0.25, 0.3) is 0 Å². The van der Waals surface area contributed by atoms with Crippen molar-refractivity contribution in [3.05, 3.63) is 54.5 Å². The first kappa shape index (κ1) is 16.3. The second-order valence-electron chi connectivity index (χ2n) is 6.99. The minimum atomic E-state index is 0.583. The molecule has 5 rings (SSSR count). The van der Waals surface area contributed by atoms with Crippen molar-refractivity contribution < 1.29 is 4.74 Å². The average Bonchev–Trinajstić information content (AvgIpc) is 3.48. The molecule has 3 aromatic rings. The van der Waals surface area contributed by atoms with Gasteiger partial charge in [-0.15, -0.1) is 5.10 Å². The number of hydrogen-bond donors (Lipinski definition) is 1. The summed E-state index contributed by atoms with van der Waals surface area (Å²) >= 11 is 0. The number of para-hydroxylation sites is 1. The van der Waals surface area contributed by atoms with Crippen molar-refractivity contribution in [2.75, 3.05) is 36.5 Å². The molecule has 1 N–H and O–H groups in total. The Kier molecular flexibility index (Phi) is 4.21. The molecule has 0 radical (unpaired) electrons. The summed E-state index contributed by atoms with van der Waals surface area (Å²) in [5.41, 5.74) is 3.13. The first-order chi connectivity index (χ1) is 13.3. The van der Waals surface area contributed by atoms with Gasteiger partial charge in [-0.05, 0) is 31.0 Å². The van der Waals surface area contributed by atoms with Crippen LogP contribution in [0.3, 0.4) is 0 Å². The summed E-state index contributed by atoms with van der Waals surface area (Å²) in [7, 11) is 0. The van der Waals surface area contributed by atoms with E-state index in [-0.39, 0.29) is 0 Å². The van der Waals surface area contributed by atoms with Gasteiger partial charge in [0.1, 0.15) is 12.1 Å². The van der Waals surface area contributed by atoms with Gasteiger partial charge in [0, 0.05) is 36.5 Å². The molecule has 1 saturated heterocycles. The number of morpholine rings is 1. The van der Waals surface area contributed by atoms with Crippen LogP contribution in [0.5, 0.6) is 0 Å². The molecule has 27 heavy (non-hydrogen) atoms. The summed E-state index contributed by atoms with van der Waals surface area (Å²) in [6.45, 7) is 3.26. The molecule has 7 nitrogen and oxygen atoms in total. The highest BCUT2D eigenvalue weighted by atomic mass is 16.5. The minimum absolute atomic E-state index is 0.583. The smallest absolute Gasteiger partial charge is 0.246 e. The largest absolute Gasteiger partial charge is 0.378 e. The third-order valence-corrected chi connectivity index (χ3v) is 4.93. The maximum atomic E-state index is 5.47. The van der Waals surface area contributed by atoms with E-state index in [0.717, 1.165) is 49.2 Å². The maximum absolute atomic E-state index is 5.47. The van der Waals surface area contributed by atoms with E-state index in [1.165, 1.54) is 12.8 Å². The highest BCUT2D eigenvalue weighted by molar-refractivity contribution is 5.60. The highest BCUT2D eigenvalue weighted by Crippen LogP contribution is 2.41. The summed E-state index contributed by atoms with van der Waals surface area (Å²) < 4.78 is 7.25. The normalized spacial score (nSPS) is 17.1. The number of nitrogens with one attached hydrogen (secondary N) is 1. The molecule has 2 aromatic heterocycles. The molecule has 1 aliphatic heterocycles. The van der Waals surface area contributed by atoms with Gasteiger partial charge in [-0.2, -0.15) is 4.98 Å². The summed E-state index contributed by atoms with van der Waals surface area (Å²) in [5.74, 6) is 2.17. The Labute approximate surface area is 158 Å². The predicted octanol–water partition coefficient (Wildman–Crippen LogP) is 3.12. The van der Waals surface area contributed by atoms with Crippen LogP contribution in [0.1, 0.15) is 24.5 Å². The number of benzene rings is 1. The fraction of sp³-hybridized carbons (Fsp3) is 0.350. The zero-order valence-corrected chi connectivity index (χ0v) is 15.1. The van der Waals surface area contributed by atoms with Gasteiger partial charge >= 0.3 is 0 Å². The molecule has 1 saturated carbocycles. The number of nitrogens with zero attached hydrogens (tertiary/aromatic N) is 5. The third-order valence-electron chi connectivity index (χ3n) is 4.93. The minimum Gasteiger partial charge on any atom is -0.378 e. The van der Waals surface area contributed by atoms with Crippen molar-refractivity contribution in [1.82, 2.24) is 19.7 Å². The summed E-state index contributed by atoms with van der Waals surface area (Å²) in [6.07, 6.45) is 4.17. The molecule has 2 fully saturated rings. The molecule has 0 atom stereocenters. The Morgan fingerprint density at radius 2 is 1.85 bits per heavy atom. The molecular weight excluding hydrogens is 340 g/mol. The van der Waals surface area contributed by atoms with Gasteiger partial charge in [0.05, 0.1) is 18.9 Å². The zero-order valence-electron chi connectivity index (χ0n) is 15.1. The lowest BCUT2D eigenvalue weighted by Crippen LogP contribution is -2.36. The Hall–Kier alpha value is -2.93. The van der Waals surface area contributed by atoms with Crippen molar-refractivity contribution in [1.29, 1.82) is 0 Å². The lowest BCUT2D eigenvalue weighted by atomic mass is 10.2. The molecule has 0 spiro atoms. The number of pyridine rings is 1. The van der Waals surface area contributed by atoms with Gasteiger partial charge in [-0.3, -0.25) is 0 Å². The second kappa shape index (κ2) is 7.00. The van der Waals surface area contributed by atoms with Crippen LogP contribution in [0.4, 0.5) is 17.5 Å². The zero-order chi connectivity index (χ0) is 18.1. The Bertz CT molecular complexity index is 915. The molecule has 138 valence electrons. The van der Waals surface area contributed by atoms with E-state index in [0.29, 0.717) is 11.9 Å². The van der Waals surface area contributed by atoms with Gasteiger partial charge in [-0.1, -0.05) is 18.2 Å². The standard InChI is InChI=1S/C20H22N6O/c1-2-4-17(5-3-1)26-14-21-20(24-26)22-16-12-18(15-6-7-15)23-19(13-16)25-8-10-27-11-9-25/h1-5,12-15H,6-11H2,(H,22,23,24). The lowest BCUT2D eigenvalue weighted by Gasteiger charge is -2.28. The second-order valence-corrected chi connectivity index (χ2v) is 6.99. The lowest BCUT2D eigenvalue weighted by molar-refractivity contribution is 0.122. The predicted molar refractivity (Wildman–Crippen MR) is 104 cm³/mol. The van der Waals surface area contributed by atoms with Crippen LogP contribution < -0.4 is 10.2 Å². The quantitative estimate of drug-likeness (QED) is 0.752. The fourth-order valence-electron chi connectivity index (χ4n) is 3.31. The van der Waals surface area contributed by atoms with Gasteiger partial charge < -0.3 is 15.0 Å². The van der Waals surface area contributed by atoms with E-state index in [1.54, 1.807) is 11.0 Å². The Morgan fingerprint density at radius 1 is 1.04 bits per heavy atom. The monoisotopic (exact) mass is 362 g/mol. The van der Waals surface area contributed by atoms with Gasteiger partial charge in [0.15, 0.2) is 0 Å². The number of aromatic nitrogens is 4.